The van der Waals surface area contributed by atoms with Crippen molar-refractivity contribution in [2.75, 3.05) is 41.3 Å². The van der Waals surface area contributed by atoms with Gasteiger partial charge in [0.25, 0.3) is 0 Å². The van der Waals surface area contributed by atoms with E-state index in [1.807, 2.05) is 41.0 Å². The summed E-state index contributed by atoms with van der Waals surface area (Å²) in [5, 5.41) is 3.34. The van der Waals surface area contributed by atoms with E-state index in [1.54, 1.807) is 6.07 Å². The van der Waals surface area contributed by atoms with Gasteiger partial charge in [0.2, 0.25) is 5.95 Å². The Labute approximate surface area is 214 Å². The molecule has 0 bridgehead atoms. The van der Waals surface area contributed by atoms with Gasteiger partial charge >= 0.3 is 6.18 Å². The minimum atomic E-state index is -4.37. The van der Waals surface area contributed by atoms with Crippen LogP contribution in [0.1, 0.15) is 47.4 Å². The average Bonchev–Trinajstić information content (AvgIpc) is 2.84. The van der Waals surface area contributed by atoms with Crippen LogP contribution in [0.3, 0.4) is 0 Å². The van der Waals surface area contributed by atoms with E-state index in [9.17, 15) is 18.0 Å². The molecule has 1 fully saturated rings. The predicted octanol–water partition coefficient (Wildman–Crippen LogP) is 6.03. The van der Waals surface area contributed by atoms with Crippen LogP contribution in [0, 0.1) is 12.3 Å². The number of ketones is 1. The highest BCUT2D eigenvalue weighted by molar-refractivity contribution is 6.03. The van der Waals surface area contributed by atoms with Crippen LogP contribution >= 0.6 is 0 Å². The molecule has 194 valence electrons. The van der Waals surface area contributed by atoms with E-state index in [-0.39, 0.29) is 11.2 Å². The Balaban J connectivity index is 1.41. The largest absolute Gasteiger partial charge is 0.416 e. The van der Waals surface area contributed by atoms with Gasteiger partial charge in [-0.25, -0.2) is 4.98 Å². The summed E-state index contributed by atoms with van der Waals surface area (Å²) >= 11 is 0. The maximum Gasteiger partial charge on any atom is 0.416 e. The lowest BCUT2D eigenvalue weighted by molar-refractivity contribution is -0.137. The molecule has 0 atom stereocenters. The number of anilines is 4. The van der Waals surface area contributed by atoms with Crippen LogP contribution in [0.5, 0.6) is 0 Å². The molecule has 2 aromatic carbocycles. The second-order valence-corrected chi connectivity index (χ2v) is 10.6. The maximum absolute atomic E-state index is 13.2. The van der Waals surface area contributed by atoms with Gasteiger partial charge in [-0.15, -0.1) is 0 Å². The predicted molar refractivity (Wildman–Crippen MR) is 139 cm³/mol. The van der Waals surface area contributed by atoms with Crippen LogP contribution in [-0.2, 0) is 12.6 Å². The molecule has 0 saturated carbocycles. The Bertz CT molecular complexity index is 1310. The van der Waals surface area contributed by atoms with Gasteiger partial charge in [0, 0.05) is 44.0 Å². The standard InChI is InChI=1S/C28H30F3N5O/c1-18-7-9-20(10-8-18)32-25-24-22(16-27(2,3)17-23(24)37)33-26(34-25)36-13-11-35(12-14-36)21-6-4-5-19(15-21)28(29,30)31/h4-10,15H,11-14,16-17H2,1-3H3,(H,32,33,34). The van der Waals surface area contributed by atoms with E-state index < -0.39 is 11.7 Å². The van der Waals surface area contributed by atoms with Gasteiger partial charge in [-0.3, -0.25) is 4.79 Å². The number of rotatable bonds is 4. The summed E-state index contributed by atoms with van der Waals surface area (Å²) in [6.07, 6.45) is -3.28. The lowest BCUT2D eigenvalue weighted by atomic mass is 9.75. The van der Waals surface area contributed by atoms with Crippen LogP contribution in [0.15, 0.2) is 48.5 Å². The normalized spacial score (nSPS) is 17.5. The van der Waals surface area contributed by atoms with Crippen molar-refractivity contribution in [3.63, 3.8) is 0 Å². The number of alkyl halides is 3. The number of fused-ring (bicyclic) bond motifs is 1. The first-order valence-corrected chi connectivity index (χ1v) is 12.4. The first kappa shape index (κ1) is 25.0. The Morgan fingerprint density at radius 3 is 2.27 bits per heavy atom. The van der Waals surface area contributed by atoms with Gasteiger partial charge in [0.1, 0.15) is 5.82 Å². The maximum atomic E-state index is 13.2. The first-order chi connectivity index (χ1) is 17.5. The highest BCUT2D eigenvalue weighted by Gasteiger charge is 2.36. The lowest BCUT2D eigenvalue weighted by Gasteiger charge is -2.37. The Morgan fingerprint density at radius 2 is 1.59 bits per heavy atom. The molecule has 0 spiro atoms. The smallest absolute Gasteiger partial charge is 0.368 e. The average molecular weight is 510 g/mol. The van der Waals surface area contributed by atoms with Crippen molar-refractivity contribution in [2.45, 2.75) is 39.8 Å². The number of halogens is 3. The number of hydrogen-bond donors (Lipinski definition) is 1. The van der Waals surface area contributed by atoms with Gasteiger partial charge in [-0.1, -0.05) is 37.6 Å². The van der Waals surface area contributed by atoms with Gasteiger partial charge < -0.3 is 15.1 Å². The van der Waals surface area contributed by atoms with Gasteiger partial charge in [0.15, 0.2) is 5.78 Å². The molecular weight excluding hydrogens is 479 g/mol. The van der Waals surface area contributed by atoms with Crippen LogP contribution in [0.2, 0.25) is 0 Å². The zero-order chi connectivity index (χ0) is 26.4. The summed E-state index contributed by atoms with van der Waals surface area (Å²) in [6.45, 7) is 8.32. The molecule has 0 radical (unpaired) electrons. The summed E-state index contributed by atoms with van der Waals surface area (Å²) in [7, 11) is 0. The fourth-order valence-corrected chi connectivity index (χ4v) is 5.00. The summed E-state index contributed by atoms with van der Waals surface area (Å²) in [5.41, 5.74) is 2.96. The van der Waals surface area contributed by atoms with E-state index in [4.69, 9.17) is 9.97 Å². The third kappa shape index (κ3) is 5.40. The number of aryl methyl sites for hydroxylation is 1. The Kier molecular flexibility index (Phi) is 6.33. The lowest BCUT2D eigenvalue weighted by Crippen LogP contribution is -2.47. The molecular formula is C28H30F3N5O. The topological polar surface area (TPSA) is 61.4 Å². The molecule has 37 heavy (non-hydrogen) atoms. The molecule has 1 N–H and O–H groups in total. The second-order valence-electron chi connectivity index (χ2n) is 10.6. The van der Waals surface area contributed by atoms with Crippen molar-refractivity contribution in [2.24, 2.45) is 5.41 Å². The number of hydrogen-bond acceptors (Lipinski definition) is 6. The van der Waals surface area contributed by atoms with Crippen molar-refractivity contribution in [1.82, 2.24) is 9.97 Å². The fraction of sp³-hybridized carbons (Fsp3) is 0.393. The summed E-state index contributed by atoms with van der Waals surface area (Å²) in [4.78, 5) is 26.7. The number of Topliss-reactive ketones (excluding diaryl/α,β-unsaturated/α-hetero) is 1. The van der Waals surface area contributed by atoms with E-state index in [1.165, 1.54) is 12.1 Å². The Morgan fingerprint density at radius 1 is 0.919 bits per heavy atom. The zero-order valence-electron chi connectivity index (χ0n) is 21.2. The van der Waals surface area contributed by atoms with E-state index in [0.717, 1.165) is 23.0 Å². The molecule has 9 heteroatoms. The molecule has 3 aromatic rings. The third-order valence-electron chi connectivity index (χ3n) is 6.95. The third-order valence-corrected chi connectivity index (χ3v) is 6.95. The number of carbonyl (C=O) groups is 1. The number of nitrogens with zero attached hydrogens (tertiary/aromatic N) is 4. The molecule has 2 aliphatic rings. The molecule has 5 rings (SSSR count). The number of benzene rings is 2. The van der Waals surface area contributed by atoms with Crippen molar-refractivity contribution in [3.8, 4) is 0 Å². The van der Waals surface area contributed by atoms with Gasteiger partial charge in [-0.2, -0.15) is 18.2 Å². The molecule has 2 heterocycles. The summed E-state index contributed by atoms with van der Waals surface area (Å²) in [5.74, 6) is 1.06. The summed E-state index contributed by atoms with van der Waals surface area (Å²) in [6, 6.07) is 13.3. The molecule has 1 aromatic heterocycles. The molecule has 0 amide bonds. The molecule has 1 aliphatic heterocycles. The molecule has 1 saturated heterocycles. The number of nitrogens with one attached hydrogen (secondary N) is 1. The van der Waals surface area contributed by atoms with Crippen molar-refractivity contribution in [3.05, 3.63) is 70.9 Å². The monoisotopic (exact) mass is 509 g/mol. The van der Waals surface area contributed by atoms with E-state index in [2.05, 4.69) is 19.2 Å². The van der Waals surface area contributed by atoms with Crippen LogP contribution in [0.25, 0.3) is 0 Å². The first-order valence-electron chi connectivity index (χ1n) is 12.4. The van der Waals surface area contributed by atoms with Crippen molar-refractivity contribution >= 4 is 28.9 Å². The van der Waals surface area contributed by atoms with Gasteiger partial charge in [-0.05, 0) is 49.1 Å². The SMILES string of the molecule is Cc1ccc(Nc2nc(N3CCN(c4cccc(C(F)(F)F)c4)CC3)nc3c2C(=O)CC(C)(C)C3)cc1. The number of piperazine rings is 1. The fourth-order valence-electron chi connectivity index (χ4n) is 5.00. The highest BCUT2D eigenvalue weighted by Crippen LogP contribution is 2.38. The minimum absolute atomic E-state index is 0.0294. The van der Waals surface area contributed by atoms with Crippen LogP contribution in [0.4, 0.5) is 36.3 Å². The highest BCUT2D eigenvalue weighted by atomic mass is 19.4. The minimum Gasteiger partial charge on any atom is -0.368 e. The second kappa shape index (κ2) is 9.36. The Hall–Kier alpha value is -3.62. The molecule has 6 nitrogen and oxygen atoms in total. The number of carbonyl (C=O) groups excluding carboxylic acids is 1. The van der Waals surface area contributed by atoms with Crippen molar-refractivity contribution in [1.29, 1.82) is 0 Å². The molecule has 1 aliphatic carbocycles. The molecule has 0 unspecified atom stereocenters. The van der Waals surface area contributed by atoms with E-state index in [0.29, 0.717) is 62.0 Å². The number of aromatic nitrogens is 2. The van der Waals surface area contributed by atoms with Crippen molar-refractivity contribution < 1.29 is 18.0 Å². The van der Waals surface area contributed by atoms with Crippen LogP contribution < -0.4 is 15.1 Å². The zero-order valence-corrected chi connectivity index (χ0v) is 21.2. The van der Waals surface area contributed by atoms with Gasteiger partial charge in [0.05, 0.1) is 16.8 Å². The quantitative estimate of drug-likeness (QED) is 0.464. The van der Waals surface area contributed by atoms with E-state index >= 15 is 0 Å². The summed E-state index contributed by atoms with van der Waals surface area (Å²) < 4.78 is 39.5. The van der Waals surface area contributed by atoms with Crippen LogP contribution in [-0.4, -0.2) is 41.9 Å².